The lowest BCUT2D eigenvalue weighted by atomic mass is 9.86. The third-order valence-corrected chi connectivity index (χ3v) is 7.33. The first kappa shape index (κ1) is 20.7. The molecule has 1 aliphatic heterocycles. The number of rotatable bonds is 5. The highest BCUT2D eigenvalue weighted by molar-refractivity contribution is 7.15. The molecule has 0 unspecified atom stereocenters. The van der Waals surface area contributed by atoms with Gasteiger partial charge < -0.3 is 10.2 Å². The van der Waals surface area contributed by atoms with Gasteiger partial charge in [-0.2, -0.15) is 0 Å². The number of benzene rings is 1. The van der Waals surface area contributed by atoms with Gasteiger partial charge in [-0.25, -0.2) is 0 Å². The Morgan fingerprint density at radius 3 is 2.60 bits per heavy atom. The van der Waals surface area contributed by atoms with Gasteiger partial charge in [0, 0.05) is 22.9 Å². The molecule has 2 atom stereocenters. The van der Waals surface area contributed by atoms with E-state index in [-0.39, 0.29) is 29.7 Å². The number of carbonyl (C=O) groups is 2. The molecule has 1 aromatic carbocycles. The summed E-state index contributed by atoms with van der Waals surface area (Å²) >= 11 is 2.97. The molecule has 3 aromatic rings. The van der Waals surface area contributed by atoms with Crippen molar-refractivity contribution in [2.24, 2.45) is 5.92 Å². The fourth-order valence-electron chi connectivity index (χ4n) is 3.68. The van der Waals surface area contributed by atoms with Gasteiger partial charge in [-0.05, 0) is 36.9 Å². The van der Waals surface area contributed by atoms with Gasteiger partial charge in [0.1, 0.15) is 5.01 Å². The number of aromatic nitrogens is 2. The number of anilines is 2. The molecular formula is C22H24N4O2S2. The third-order valence-electron chi connectivity index (χ3n) is 5.25. The normalized spacial score (nSPS) is 19.3. The summed E-state index contributed by atoms with van der Waals surface area (Å²) in [6, 6.07) is 11.5. The van der Waals surface area contributed by atoms with Gasteiger partial charge in [-0.3, -0.25) is 9.59 Å². The minimum absolute atomic E-state index is 0.0410. The van der Waals surface area contributed by atoms with Crippen LogP contribution >= 0.6 is 22.7 Å². The summed E-state index contributed by atoms with van der Waals surface area (Å²) in [6.45, 7) is 6.11. The highest BCUT2D eigenvalue weighted by Crippen LogP contribution is 2.42. The molecule has 2 aromatic heterocycles. The number of aryl methyl sites for hydroxylation is 1. The molecule has 2 amide bonds. The fourth-order valence-corrected chi connectivity index (χ4v) is 5.31. The highest BCUT2D eigenvalue weighted by Gasteiger charge is 2.42. The molecule has 0 aliphatic carbocycles. The predicted molar refractivity (Wildman–Crippen MR) is 121 cm³/mol. The van der Waals surface area contributed by atoms with Crippen molar-refractivity contribution in [2.75, 3.05) is 10.2 Å². The zero-order valence-corrected chi connectivity index (χ0v) is 18.8. The van der Waals surface area contributed by atoms with Crippen LogP contribution in [0, 0.1) is 12.8 Å². The number of piperidine rings is 1. The molecule has 1 N–H and O–H groups in total. The third kappa shape index (κ3) is 4.15. The number of hydrogen-bond donors (Lipinski definition) is 1. The number of nitrogens with zero attached hydrogens (tertiary/aromatic N) is 3. The minimum atomic E-state index is -0.367. The molecule has 1 fully saturated rings. The van der Waals surface area contributed by atoms with E-state index < -0.39 is 0 Å². The van der Waals surface area contributed by atoms with Crippen LogP contribution < -0.4 is 10.2 Å². The van der Waals surface area contributed by atoms with Crippen LogP contribution in [0.15, 0.2) is 41.8 Å². The van der Waals surface area contributed by atoms with E-state index in [1.807, 2.05) is 62.5 Å². The highest BCUT2D eigenvalue weighted by atomic mass is 32.1. The van der Waals surface area contributed by atoms with Crippen LogP contribution in [-0.2, 0) is 9.59 Å². The van der Waals surface area contributed by atoms with Crippen LogP contribution in [-0.4, -0.2) is 22.0 Å². The van der Waals surface area contributed by atoms with Gasteiger partial charge in [0.05, 0.1) is 12.0 Å². The van der Waals surface area contributed by atoms with E-state index in [9.17, 15) is 9.59 Å². The number of carbonyl (C=O) groups excluding carboxylic acids is 2. The van der Waals surface area contributed by atoms with Crippen LogP contribution in [0.5, 0.6) is 0 Å². The molecule has 0 bridgehead atoms. The maximum atomic E-state index is 13.3. The lowest BCUT2D eigenvalue weighted by Gasteiger charge is -2.40. The van der Waals surface area contributed by atoms with Crippen LogP contribution in [0.3, 0.4) is 0 Å². The van der Waals surface area contributed by atoms with E-state index in [0.717, 1.165) is 21.1 Å². The van der Waals surface area contributed by atoms with E-state index >= 15 is 0 Å². The Kier molecular flexibility index (Phi) is 5.97. The van der Waals surface area contributed by atoms with Crippen LogP contribution in [0.25, 0.3) is 0 Å². The summed E-state index contributed by atoms with van der Waals surface area (Å²) in [6.07, 6.45) is 0.840. The summed E-state index contributed by atoms with van der Waals surface area (Å²) in [5.41, 5.74) is 1.95. The average Bonchev–Trinajstić information content (AvgIpc) is 3.40. The summed E-state index contributed by atoms with van der Waals surface area (Å²) < 4.78 is 0. The van der Waals surface area contributed by atoms with Crippen LogP contribution in [0.2, 0.25) is 0 Å². The smallest absolute Gasteiger partial charge is 0.231 e. The first-order valence-electron chi connectivity index (χ1n) is 10.0. The summed E-state index contributed by atoms with van der Waals surface area (Å²) in [7, 11) is 0. The molecule has 1 saturated heterocycles. The quantitative estimate of drug-likeness (QED) is 0.595. The fraction of sp³-hybridized carbons (Fsp3) is 0.364. The van der Waals surface area contributed by atoms with Gasteiger partial charge >= 0.3 is 0 Å². The minimum Gasteiger partial charge on any atom is -0.303 e. The van der Waals surface area contributed by atoms with Gasteiger partial charge in [0.15, 0.2) is 0 Å². The number of thiophene rings is 1. The Morgan fingerprint density at radius 2 is 1.97 bits per heavy atom. The van der Waals surface area contributed by atoms with Gasteiger partial charge in [-0.15, -0.1) is 21.5 Å². The lowest BCUT2D eigenvalue weighted by molar-refractivity contribution is -0.125. The maximum Gasteiger partial charge on any atom is 0.231 e. The molecule has 0 spiro atoms. The van der Waals surface area contributed by atoms with Crippen molar-refractivity contribution in [3.63, 3.8) is 0 Å². The Hall–Kier alpha value is -2.58. The second-order valence-corrected chi connectivity index (χ2v) is 9.78. The van der Waals surface area contributed by atoms with Crippen LogP contribution in [0.1, 0.15) is 54.1 Å². The monoisotopic (exact) mass is 440 g/mol. The summed E-state index contributed by atoms with van der Waals surface area (Å²) in [5, 5.41) is 14.6. The van der Waals surface area contributed by atoms with Crippen LogP contribution in [0.4, 0.5) is 10.8 Å². The summed E-state index contributed by atoms with van der Waals surface area (Å²) in [4.78, 5) is 29.0. The van der Waals surface area contributed by atoms with Crippen molar-refractivity contribution in [2.45, 2.75) is 45.6 Å². The number of hydrogen-bond acceptors (Lipinski definition) is 6. The Labute approximate surface area is 184 Å². The van der Waals surface area contributed by atoms with Crippen molar-refractivity contribution in [1.82, 2.24) is 10.2 Å². The van der Waals surface area contributed by atoms with Gasteiger partial charge in [0.25, 0.3) is 0 Å². The predicted octanol–water partition coefficient (Wildman–Crippen LogP) is 5.15. The Balaban J connectivity index is 1.66. The molecule has 0 saturated carbocycles. The molecule has 8 heteroatoms. The first-order valence-corrected chi connectivity index (χ1v) is 11.7. The lowest BCUT2D eigenvalue weighted by Crippen LogP contribution is -2.46. The van der Waals surface area contributed by atoms with Crippen molar-refractivity contribution in [3.05, 3.63) is 57.2 Å². The topological polar surface area (TPSA) is 75.2 Å². The van der Waals surface area contributed by atoms with E-state index in [1.54, 1.807) is 16.2 Å². The zero-order chi connectivity index (χ0) is 21.3. The SMILES string of the molecule is Cc1ccc(N2C(=O)CC[C@@H](C(=O)Nc3nnc(C(C)C)s3)[C@H]2c2cccs2)cc1. The Bertz CT molecular complexity index is 1030. The second-order valence-electron chi connectivity index (χ2n) is 7.79. The summed E-state index contributed by atoms with van der Waals surface area (Å²) in [5.74, 6) is -0.186. The second kappa shape index (κ2) is 8.65. The molecule has 156 valence electrons. The van der Waals surface area contributed by atoms with Gasteiger partial charge in [-0.1, -0.05) is 48.9 Å². The number of amides is 2. The van der Waals surface area contributed by atoms with E-state index in [1.165, 1.54) is 11.3 Å². The number of nitrogens with one attached hydrogen (secondary N) is 1. The average molecular weight is 441 g/mol. The van der Waals surface area contributed by atoms with E-state index in [4.69, 9.17) is 0 Å². The van der Waals surface area contributed by atoms with Crippen molar-refractivity contribution < 1.29 is 9.59 Å². The molecule has 3 heterocycles. The standard InChI is InChI=1S/C22H24N4O2S2/c1-13(2)21-24-25-22(30-21)23-20(28)16-10-11-18(27)26(15-8-6-14(3)7-9-15)19(16)17-5-4-12-29-17/h4-9,12-13,16,19H,10-11H2,1-3H3,(H,23,25,28)/t16-,19+/m1/s1. The Morgan fingerprint density at radius 1 is 1.20 bits per heavy atom. The first-order chi connectivity index (χ1) is 14.4. The van der Waals surface area contributed by atoms with E-state index in [2.05, 4.69) is 15.5 Å². The zero-order valence-electron chi connectivity index (χ0n) is 17.2. The molecule has 6 nitrogen and oxygen atoms in total. The molecule has 0 radical (unpaired) electrons. The van der Waals surface area contributed by atoms with Crippen molar-refractivity contribution >= 4 is 45.3 Å². The molecular weight excluding hydrogens is 416 g/mol. The maximum absolute atomic E-state index is 13.3. The molecule has 30 heavy (non-hydrogen) atoms. The van der Waals surface area contributed by atoms with Crippen molar-refractivity contribution in [1.29, 1.82) is 0 Å². The largest absolute Gasteiger partial charge is 0.303 e. The molecule has 4 rings (SSSR count). The molecule has 1 aliphatic rings. The van der Waals surface area contributed by atoms with Gasteiger partial charge in [0.2, 0.25) is 16.9 Å². The van der Waals surface area contributed by atoms with Crippen molar-refractivity contribution in [3.8, 4) is 0 Å². The van der Waals surface area contributed by atoms with E-state index in [0.29, 0.717) is 18.0 Å².